The van der Waals surface area contributed by atoms with Gasteiger partial charge < -0.3 is 15.5 Å². The van der Waals surface area contributed by atoms with Crippen LogP contribution in [0.1, 0.15) is 38.5 Å². The number of carbonyl (C=O) groups is 2. The molecule has 2 aliphatic rings. The third-order valence-electron chi connectivity index (χ3n) is 5.21. The van der Waals surface area contributed by atoms with Crippen molar-refractivity contribution in [1.29, 1.82) is 0 Å². The maximum absolute atomic E-state index is 12.7. The second-order valence-corrected chi connectivity index (χ2v) is 6.93. The number of nitrogens with one attached hydrogen (secondary N) is 2. The predicted molar refractivity (Wildman–Crippen MR) is 96.0 cm³/mol. The van der Waals surface area contributed by atoms with Crippen LogP contribution < -0.4 is 10.6 Å². The van der Waals surface area contributed by atoms with Crippen molar-refractivity contribution in [2.45, 2.75) is 44.1 Å². The summed E-state index contributed by atoms with van der Waals surface area (Å²) in [5, 5.41) is 10.4. The molecule has 0 radical (unpaired) electrons. The fourth-order valence-corrected chi connectivity index (χ4v) is 3.70. The number of allylic oxidation sites excluding steroid dienone is 1. The van der Waals surface area contributed by atoms with E-state index in [1.807, 2.05) is 24.2 Å². The Hall–Kier alpha value is -2.31. The highest BCUT2D eigenvalue weighted by atomic mass is 16.2. The monoisotopic (exact) mass is 345 g/mol. The Labute approximate surface area is 148 Å². The first-order chi connectivity index (χ1) is 12.0. The van der Waals surface area contributed by atoms with E-state index < -0.39 is 5.54 Å². The van der Waals surface area contributed by atoms with E-state index in [9.17, 15) is 9.59 Å². The number of carbonyl (C=O) groups excluding carboxylic acids is 2. The zero-order chi connectivity index (χ0) is 17.9. The Morgan fingerprint density at radius 1 is 1.24 bits per heavy atom. The Bertz CT molecular complexity index is 671. The van der Waals surface area contributed by atoms with Crippen molar-refractivity contribution in [2.75, 3.05) is 25.5 Å². The lowest BCUT2D eigenvalue weighted by atomic mass is 9.85. The number of aromatic nitrogens is 2. The quantitative estimate of drug-likeness (QED) is 0.865. The summed E-state index contributed by atoms with van der Waals surface area (Å²) in [6, 6.07) is 1.86. The molecule has 1 aromatic rings. The Morgan fingerprint density at radius 2 is 2.00 bits per heavy atom. The molecule has 0 spiro atoms. The van der Waals surface area contributed by atoms with Crippen molar-refractivity contribution < 1.29 is 9.59 Å². The first kappa shape index (κ1) is 17.5. The van der Waals surface area contributed by atoms with Crippen molar-refractivity contribution in [3.63, 3.8) is 0 Å². The van der Waals surface area contributed by atoms with Crippen LogP contribution in [0, 0.1) is 0 Å². The van der Waals surface area contributed by atoms with Crippen LogP contribution >= 0.6 is 0 Å². The largest absolute Gasteiger partial charge is 0.357 e. The lowest BCUT2D eigenvalue weighted by molar-refractivity contribution is -0.133. The molecule has 2 amide bonds. The highest BCUT2D eigenvalue weighted by Crippen LogP contribution is 2.29. The molecule has 2 heterocycles. The van der Waals surface area contributed by atoms with Gasteiger partial charge in [-0.3, -0.25) is 14.3 Å². The van der Waals surface area contributed by atoms with E-state index in [0.717, 1.165) is 24.8 Å². The van der Waals surface area contributed by atoms with Gasteiger partial charge in [0.1, 0.15) is 11.4 Å². The van der Waals surface area contributed by atoms with E-state index in [0.29, 0.717) is 31.7 Å². The van der Waals surface area contributed by atoms with E-state index in [1.54, 1.807) is 11.7 Å². The summed E-state index contributed by atoms with van der Waals surface area (Å²) < 4.78 is 1.70. The summed E-state index contributed by atoms with van der Waals surface area (Å²) in [7, 11) is 3.49. The number of nitrogens with zero attached hydrogens (tertiary/aromatic N) is 3. The molecule has 3 rings (SSSR count). The predicted octanol–water partition coefficient (Wildman–Crippen LogP) is 1.44. The van der Waals surface area contributed by atoms with Gasteiger partial charge in [-0.2, -0.15) is 5.10 Å². The first-order valence-corrected chi connectivity index (χ1v) is 9.02. The van der Waals surface area contributed by atoms with E-state index in [4.69, 9.17) is 0 Å². The number of hydrogen-bond donors (Lipinski definition) is 2. The van der Waals surface area contributed by atoms with Gasteiger partial charge in [0.2, 0.25) is 11.8 Å². The molecule has 7 heteroatoms. The number of piperidine rings is 1. The summed E-state index contributed by atoms with van der Waals surface area (Å²) in [5.41, 5.74) is 0.220. The molecule has 25 heavy (non-hydrogen) atoms. The second kappa shape index (κ2) is 7.29. The Kier molecular flexibility index (Phi) is 5.11. The lowest BCUT2D eigenvalue weighted by Gasteiger charge is -2.41. The Morgan fingerprint density at radius 3 is 2.56 bits per heavy atom. The molecule has 7 nitrogen and oxygen atoms in total. The minimum Gasteiger partial charge on any atom is -0.357 e. The second-order valence-electron chi connectivity index (χ2n) is 6.93. The summed E-state index contributed by atoms with van der Waals surface area (Å²) in [5.74, 6) is 0.769. The van der Waals surface area contributed by atoms with Gasteiger partial charge in [-0.1, -0.05) is 6.08 Å². The smallest absolute Gasteiger partial charge is 0.249 e. The van der Waals surface area contributed by atoms with Crippen molar-refractivity contribution in [3.8, 4) is 0 Å². The minimum absolute atomic E-state index is 0.0536. The van der Waals surface area contributed by atoms with Gasteiger partial charge in [0.15, 0.2) is 0 Å². The first-order valence-electron chi connectivity index (χ1n) is 9.02. The molecule has 0 bridgehead atoms. The van der Waals surface area contributed by atoms with Gasteiger partial charge in [0.05, 0.1) is 0 Å². The zero-order valence-corrected chi connectivity index (χ0v) is 15.0. The van der Waals surface area contributed by atoms with E-state index in [2.05, 4.69) is 21.8 Å². The van der Waals surface area contributed by atoms with Gasteiger partial charge in [0.25, 0.3) is 0 Å². The molecular formula is C18H27N5O2. The molecule has 0 atom stereocenters. The normalized spacial score (nSPS) is 19.9. The summed E-state index contributed by atoms with van der Waals surface area (Å²) >= 11 is 0. The number of aryl methyl sites for hydroxylation is 1. The molecule has 0 aromatic carbocycles. The molecule has 1 aliphatic heterocycles. The fraction of sp³-hybridized carbons (Fsp3) is 0.611. The van der Waals surface area contributed by atoms with Gasteiger partial charge in [-0.05, 0) is 38.5 Å². The van der Waals surface area contributed by atoms with Crippen molar-refractivity contribution in [3.05, 3.63) is 23.9 Å². The maximum Gasteiger partial charge on any atom is 0.249 e. The van der Waals surface area contributed by atoms with Crippen LogP contribution in [-0.4, -0.2) is 52.2 Å². The van der Waals surface area contributed by atoms with Crippen LogP contribution in [-0.2, 0) is 16.6 Å². The highest BCUT2D eigenvalue weighted by molar-refractivity contribution is 5.94. The number of likely N-dealkylation sites (N-methyl/N-ethyl adjacent to an activating group) is 1. The molecule has 1 aliphatic carbocycles. The van der Waals surface area contributed by atoms with E-state index in [-0.39, 0.29) is 11.8 Å². The third kappa shape index (κ3) is 3.70. The number of rotatable bonds is 4. The number of likely N-dealkylation sites (tertiary alicyclic amines) is 1. The molecule has 0 saturated carbocycles. The summed E-state index contributed by atoms with van der Waals surface area (Å²) in [6.07, 6.45) is 9.21. The number of anilines is 1. The molecule has 0 unspecified atom stereocenters. The lowest BCUT2D eigenvalue weighted by Crippen LogP contribution is -2.58. The minimum atomic E-state index is -0.721. The average molecular weight is 345 g/mol. The van der Waals surface area contributed by atoms with Gasteiger partial charge in [-0.25, -0.2) is 0 Å². The standard InChI is InChI=1S/C18H27N5O2/c1-19-17(25)18(20-15-8-11-22(2)21-15)9-12-23(13-10-18)16(24)14-6-4-3-5-7-14/h6,8,11H,3-5,7,9-10,12-13H2,1-2H3,(H,19,25)(H,20,21). The van der Waals surface area contributed by atoms with Gasteiger partial charge in [0, 0.05) is 45.0 Å². The fourth-order valence-electron chi connectivity index (χ4n) is 3.70. The van der Waals surface area contributed by atoms with Crippen LogP contribution in [0.5, 0.6) is 0 Å². The summed E-state index contributed by atoms with van der Waals surface area (Å²) in [4.78, 5) is 27.1. The number of amides is 2. The molecule has 136 valence electrons. The zero-order valence-electron chi connectivity index (χ0n) is 15.0. The third-order valence-corrected chi connectivity index (χ3v) is 5.21. The molecule has 1 aromatic heterocycles. The maximum atomic E-state index is 12.7. The van der Waals surface area contributed by atoms with Crippen molar-refractivity contribution in [1.82, 2.24) is 20.0 Å². The number of hydrogen-bond acceptors (Lipinski definition) is 4. The topological polar surface area (TPSA) is 79.3 Å². The van der Waals surface area contributed by atoms with Crippen LogP contribution in [0.15, 0.2) is 23.9 Å². The summed E-state index contributed by atoms with van der Waals surface area (Å²) in [6.45, 7) is 1.15. The van der Waals surface area contributed by atoms with Crippen LogP contribution in [0.4, 0.5) is 5.82 Å². The van der Waals surface area contributed by atoms with E-state index >= 15 is 0 Å². The van der Waals surface area contributed by atoms with Crippen LogP contribution in [0.3, 0.4) is 0 Å². The highest BCUT2D eigenvalue weighted by Gasteiger charge is 2.42. The SMILES string of the molecule is CNC(=O)C1(Nc2ccn(C)n2)CCN(C(=O)C2=CCCCC2)CC1. The van der Waals surface area contributed by atoms with Gasteiger partial charge >= 0.3 is 0 Å². The molecule has 1 saturated heterocycles. The van der Waals surface area contributed by atoms with Crippen molar-refractivity contribution in [2.24, 2.45) is 7.05 Å². The molecule has 1 fully saturated rings. The Balaban J connectivity index is 1.70. The average Bonchev–Trinajstić information content (AvgIpc) is 3.06. The van der Waals surface area contributed by atoms with Crippen LogP contribution in [0.25, 0.3) is 0 Å². The van der Waals surface area contributed by atoms with Crippen molar-refractivity contribution >= 4 is 17.6 Å². The van der Waals surface area contributed by atoms with Gasteiger partial charge in [-0.15, -0.1) is 0 Å². The molecular weight excluding hydrogens is 318 g/mol. The van der Waals surface area contributed by atoms with E-state index in [1.165, 1.54) is 6.42 Å². The molecule has 2 N–H and O–H groups in total. The van der Waals surface area contributed by atoms with Crippen LogP contribution in [0.2, 0.25) is 0 Å².